The van der Waals surface area contributed by atoms with Crippen molar-refractivity contribution < 1.29 is 4.74 Å². The van der Waals surface area contributed by atoms with Crippen LogP contribution in [0.3, 0.4) is 0 Å². The normalized spacial score (nSPS) is 25.5. The second-order valence-electron chi connectivity index (χ2n) is 5.08. The number of benzene rings is 1. The van der Waals surface area contributed by atoms with Crippen molar-refractivity contribution in [1.29, 1.82) is 0 Å². The molecule has 1 saturated heterocycles. The van der Waals surface area contributed by atoms with Gasteiger partial charge in [-0.3, -0.25) is 4.90 Å². The van der Waals surface area contributed by atoms with E-state index in [-0.39, 0.29) is 0 Å². The first-order valence-corrected chi connectivity index (χ1v) is 6.52. The summed E-state index contributed by atoms with van der Waals surface area (Å²) in [5.41, 5.74) is 9.79. The van der Waals surface area contributed by atoms with Gasteiger partial charge in [0.05, 0.1) is 6.61 Å². The van der Waals surface area contributed by atoms with E-state index >= 15 is 0 Å². The summed E-state index contributed by atoms with van der Waals surface area (Å²) in [6.07, 6.45) is 3.58. The highest BCUT2D eigenvalue weighted by molar-refractivity contribution is 5.51. The van der Waals surface area contributed by atoms with E-state index in [2.05, 4.69) is 17.0 Å². The minimum Gasteiger partial charge on any atom is -0.398 e. The molecule has 1 atom stereocenters. The van der Waals surface area contributed by atoms with Crippen molar-refractivity contribution in [3.8, 4) is 0 Å². The van der Waals surface area contributed by atoms with E-state index < -0.39 is 0 Å². The second kappa shape index (κ2) is 4.67. The Hall–Kier alpha value is -1.06. The summed E-state index contributed by atoms with van der Waals surface area (Å²) in [5, 5.41) is 0. The molecule has 17 heavy (non-hydrogen) atoms. The van der Waals surface area contributed by atoms with E-state index in [1.54, 1.807) is 0 Å². The van der Waals surface area contributed by atoms with Crippen LogP contribution in [0.1, 0.15) is 24.0 Å². The molecule has 92 valence electrons. The number of hydrogen-bond donors (Lipinski definition) is 1. The Balaban J connectivity index is 1.77. The molecule has 0 radical (unpaired) electrons. The third-order valence-corrected chi connectivity index (χ3v) is 3.99. The highest BCUT2D eigenvalue weighted by Crippen LogP contribution is 2.27. The van der Waals surface area contributed by atoms with Gasteiger partial charge in [-0.15, -0.1) is 0 Å². The third kappa shape index (κ3) is 2.17. The van der Waals surface area contributed by atoms with Crippen LogP contribution in [0.2, 0.25) is 0 Å². The monoisotopic (exact) mass is 232 g/mol. The maximum atomic E-state index is 6.08. The van der Waals surface area contributed by atoms with Crippen molar-refractivity contribution in [2.45, 2.75) is 31.8 Å². The maximum absolute atomic E-state index is 6.08. The van der Waals surface area contributed by atoms with Gasteiger partial charge in [-0.25, -0.2) is 0 Å². The lowest BCUT2D eigenvalue weighted by Crippen LogP contribution is -2.43. The first kappa shape index (κ1) is 11.1. The summed E-state index contributed by atoms with van der Waals surface area (Å²) in [4.78, 5) is 2.54. The fraction of sp³-hybridized carbons (Fsp3) is 0.571. The van der Waals surface area contributed by atoms with Gasteiger partial charge in [0, 0.05) is 31.4 Å². The molecule has 1 fully saturated rings. The lowest BCUT2D eigenvalue weighted by Gasteiger charge is -2.37. The van der Waals surface area contributed by atoms with Crippen LogP contribution in [-0.4, -0.2) is 30.7 Å². The lowest BCUT2D eigenvalue weighted by atomic mass is 9.96. The van der Waals surface area contributed by atoms with E-state index in [4.69, 9.17) is 10.5 Å². The van der Waals surface area contributed by atoms with Gasteiger partial charge in [0.15, 0.2) is 0 Å². The number of nitrogens with zero attached hydrogens (tertiary/aromatic N) is 1. The molecule has 2 aliphatic rings. The predicted octanol–water partition coefficient (Wildman–Crippen LogP) is 1.81. The Kier molecular flexibility index (Phi) is 3.04. The van der Waals surface area contributed by atoms with E-state index in [0.717, 1.165) is 38.4 Å². The smallest absolute Gasteiger partial charge is 0.0621 e. The van der Waals surface area contributed by atoms with Crippen LogP contribution in [0.15, 0.2) is 18.2 Å². The molecule has 0 spiro atoms. The molecule has 0 aliphatic carbocycles. The molecule has 0 saturated carbocycles. The van der Waals surface area contributed by atoms with Gasteiger partial charge in [0.25, 0.3) is 0 Å². The number of nitrogens with two attached hydrogens (primary N) is 1. The molecular weight excluding hydrogens is 212 g/mol. The number of rotatable bonds is 1. The number of ether oxygens (including phenoxy) is 1. The van der Waals surface area contributed by atoms with Crippen molar-refractivity contribution in [2.24, 2.45) is 0 Å². The lowest BCUT2D eigenvalue weighted by molar-refractivity contribution is 0.0126. The minimum atomic E-state index is 0.594. The first-order chi connectivity index (χ1) is 8.34. The molecule has 0 bridgehead atoms. The molecule has 1 aromatic rings. The van der Waals surface area contributed by atoms with Crippen molar-refractivity contribution in [3.63, 3.8) is 0 Å². The van der Waals surface area contributed by atoms with Crippen LogP contribution in [0.5, 0.6) is 0 Å². The Morgan fingerprint density at radius 3 is 3.12 bits per heavy atom. The van der Waals surface area contributed by atoms with Crippen molar-refractivity contribution in [2.75, 3.05) is 25.5 Å². The molecule has 1 aromatic carbocycles. The van der Waals surface area contributed by atoms with E-state index in [1.165, 1.54) is 24.0 Å². The van der Waals surface area contributed by atoms with Gasteiger partial charge < -0.3 is 10.5 Å². The summed E-state index contributed by atoms with van der Waals surface area (Å²) < 4.78 is 5.58. The standard InChI is InChI=1S/C14H20N2O/c15-14-5-1-3-11-6-7-16(9-13(11)14)12-4-2-8-17-10-12/h1,3,5,12H,2,4,6-10,15H2. The predicted molar refractivity (Wildman–Crippen MR) is 68.8 cm³/mol. The SMILES string of the molecule is Nc1cccc2c1CN(C1CCCOC1)CC2. The fourth-order valence-electron chi connectivity index (χ4n) is 2.95. The van der Waals surface area contributed by atoms with E-state index in [9.17, 15) is 0 Å². The summed E-state index contributed by atoms with van der Waals surface area (Å²) >= 11 is 0. The zero-order valence-electron chi connectivity index (χ0n) is 10.2. The van der Waals surface area contributed by atoms with Crippen LogP contribution >= 0.6 is 0 Å². The molecule has 3 heteroatoms. The van der Waals surface area contributed by atoms with Crippen LogP contribution < -0.4 is 5.73 Å². The van der Waals surface area contributed by atoms with Gasteiger partial charge in [-0.05, 0) is 36.5 Å². The van der Waals surface area contributed by atoms with Gasteiger partial charge in [0.2, 0.25) is 0 Å². The van der Waals surface area contributed by atoms with Gasteiger partial charge in [-0.2, -0.15) is 0 Å². The van der Waals surface area contributed by atoms with Gasteiger partial charge >= 0.3 is 0 Å². The highest BCUT2D eigenvalue weighted by Gasteiger charge is 2.26. The Morgan fingerprint density at radius 1 is 1.35 bits per heavy atom. The van der Waals surface area contributed by atoms with Crippen LogP contribution in [0.25, 0.3) is 0 Å². The third-order valence-electron chi connectivity index (χ3n) is 3.99. The summed E-state index contributed by atoms with van der Waals surface area (Å²) in [6, 6.07) is 6.88. The molecule has 3 rings (SSSR count). The summed E-state index contributed by atoms with van der Waals surface area (Å²) in [5.74, 6) is 0. The molecular formula is C14H20N2O. The van der Waals surface area contributed by atoms with Gasteiger partial charge in [-0.1, -0.05) is 12.1 Å². The molecule has 0 amide bonds. The minimum absolute atomic E-state index is 0.594. The molecule has 2 heterocycles. The van der Waals surface area contributed by atoms with Crippen molar-refractivity contribution >= 4 is 5.69 Å². The van der Waals surface area contributed by atoms with E-state index in [1.807, 2.05) is 6.07 Å². The van der Waals surface area contributed by atoms with Crippen LogP contribution in [-0.2, 0) is 17.7 Å². The molecule has 0 aromatic heterocycles. The molecule has 3 nitrogen and oxygen atoms in total. The van der Waals surface area contributed by atoms with Crippen molar-refractivity contribution in [3.05, 3.63) is 29.3 Å². The number of hydrogen-bond acceptors (Lipinski definition) is 3. The van der Waals surface area contributed by atoms with Crippen LogP contribution in [0, 0.1) is 0 Å². The summed E-state index contributed by atoms with van der Waals surface area (Å²) in [6.45, 7) is 3.96. The van der Waals surface area contributed by atoms with Crippen molar-refractivity contribution in [1.82, 2.24) is 4.90 Å². The zero-order valence-corrected chi connectivity index (χ0v) is 10.2. The number of fused-ring (bicyclic) bond motifs is 1. The highest BCUT2D eigenvalue weighted by atomic mass is 16.5. The van der Waals surface area contributed by atoms with Gasteiger partial charge in [0.1, 0.15) is 0 Å². The Morgan fingerprint density at radius 2 is 2.29 bits per heavy atom. The quantitative estimate of drug-likeness (QED) is 0.750. The average Bonchev–Trinajstić information content (AvgIpc) is 2.40. The first-order valence-electron chi connectivity index (χ1n) is 6.52. The molecule has 2 N–H and O–H groups in total. The summed E-state index contributed by atoms with van der Waals surface area (Å²) in [7, 11) is 0. The van der Waals surface area contributed by atoms with Crippen LogP contribution in [0.4, 0.5) is 5.69 Å². The molecule has 1 unspecified atom stereocenters. The largest absolute Gasteiger partial charge is 0.398 e. The molecule has 2 aliphatic heterocycles. The fourth-order valence-corrected chi connectivity index (χ4v) is 2.95. The average molecular weight is 232 g/mol. The maximum Gasteiger partial charge on any atom is 0.0621 e. The Labute approximate surface area is 103 Å². The second-order valence-corrected chi connectivity index (χ2v) is 5.08. The number of anilines is 1. The number of nitrogen functional groups attached to an aromatic ring is 1. The zero-order chi connectivity index (χ0) is 11.7. The van der Waals surface area contributed by atoms with E-state index in [0.29, 0.717) is 6.04 Å². The topological polar surface area (TPSA) is 38.5 Å². The Bertz CT molecular complexity index is 399.